The van der Waals surface area contributed by atoms with Crippen molar-refractivity contribution in [1.29, 1.82) is 0 Å². The van der Waals surface area contributed by atoms with Gasteiger partial charge in [-0.3, -0.25) is 4.98 Å². The van der Waals surface area contributed by atoms with Gasteiger partial charge in [-0.05, 0) is 19.2 Å². The molecule has 0 radical (unpaired) electrons. The number of hydrogen-bond donors (Lipinski definition) is 2. The second-order valence-electron chi connectivity index (χ2n) is 3.84. The molecular formula is C13H14N2O2. The van der Waals surface area contributed by atoms with Gasteiger partial charge < -0.3 is 10.4 Å². The number of nitrogens with one attached hydrogen (secondary N) is 1. The largest absolute Gasteiger partial charge is 0.478 e. The Morgan fingerprint density at radius 2 is 2.18 bits per heavy atom. The summed E-state index contributed by atoms with van der Waals surface area (Å²) in [5, 5.41) is 12.9. The zero-order chi connectivity index (χ0) is 12.3. The number of para-hydroxylation sites is 1. The molecule has 0 spiro atoms. The second kappa shape index (κ2) is 4.93. The summed E-state index contributed by atoms with van der Waals surface area (Å²) in [6.07, 6.45) is 0.724. The van der Waals surface area contributed by atoms with Crippen LogP contribution in [0.3, 0.4) is 0 Å². The molecule has 1 heterocycles. The first-order valence-electron chi connectivity index (χ1n) is 5.49. The predicted molar refractivity (Wildman–Crippen MR) is 66.3 cm³/mol. The number of carbonyl (C=O) groups is 1. The number of pyridine rings is 1. The first kappa shape index (κ1) is 11.5. The number of benzene rings is 1. The van der Waals surface area contributed by atoms with Crippen molar-refractivity contribution in [2.24, 2.45) is 0 Å². The van der Waals surface area contributed by atoms with Crippen LogP contribution in [-0.2, 0) is 6.42 Å². The van der Waals surface area contributed by atoms with Crippen LogP contribution in [0.25, 0.3) is 10.9 Å². The van der Waals surface area contributed by atoms with Crippen molar-refractivity contribution in [3.8, 4) is 0 Å². The Morgan fingerprint density at radius 1 is 1.41 bits per heavy atom. The lowest BCUT2D eigenvalue weighted by Gasteiger charge is -2.06. The first-order valence-corrected chi connectivity index (χ1v) is 5.49. The van der Waals surface area contributed by atoms with Gasteiger partial charge in [-0.25, -0.2) is 4.79 Å². The third kappa shape index (κ3) is 2.42. The number of aromatic nitrogens is 1. The van der Waals surface area contributed by atoms with Gasteiger partial charge in [0.15, 0.2) is 0 Å². The summed E-state index contributed by atoms with van der Waals surface area (Å²) in [6, 6.07) is 8.97. The summed E-state index contributed by atoms with van der Waals surface area (Å²) < 4.78 is 0. The van der Waals surface area contributed by atoms with E-state index in [1.807, 2.05) is 25.2 Å². The third-order valence-corrected chi connectivity index (χ3v) is 2.63. The van der Waals surface area contributed by atoms with Gasteiger partial charge in [0.1, 0.15) is 0 Å². The molecule has 1 aromatic carbocycles. The molecule has 0 aliphatic carbocycles. The third-order valence-electron chi connectivity index (χ3n) is 2.63. The molecule has 17 heavy (non-hydrogen) atoms. The minimum Gasteiger partial charge on any atom is -0.478 e. The highest BCUT2D eigenvalue weighted by atomic mass is 16.4. The van der Waals surface area contributed by atoms with Crippen molar-refractivity contribution in [2.45, 2.75) is 6.42 Å². The normalized spacial score (nSPS) is 10.6. The molecule has 4 nitrogen and oxygen atoms in total. The van der Waals surface area contributed by atoms with E-state index in [0.717, 1.165) is 24.2 Å². The number of hydrogen-bond acceptors (Lipinski definition) is 3. The molecule has 0 amide bonds. The number of aromatic carboxylic acids is 1. The lowest BCUT2D eigenvalue weighted by molar-refractivity contribution is 0.0699. The maximum Gasteiger partial charge on any atom is 0.336 e. The molecular weight excluding hydrogens is 216 g/mol. The van der Waals surface area contributed by atoms with E-state index in [1.54, 1.807) is 12.1 Å². The smallest absolute Gasteiger partial charge is 0.336 e. The van der Waals surface area contributed by atoms with Crippen LogP contribution in [0.4, 0.5) is 0 Å². The predicted octanol–water partition coefficient (Wildman–Crippen LogP) is 1.69. The van der Waals surface area contributed by atoms with Crippen LogP contribution in [0.5, 0.6) is 0 Å². The average Bonchev–Trinajstić information content (AvgIpc) is 2.35. The van der Waals surface area contributed by atoms with Gasteiger partial charge in [0.2, 0.25) is 0 Å². The van der Waals surface area contributed by atoms with Gasteiger partial charge in [-0.1, -0.05) is 18.2 Å². The van der Waals surface area contributed by atoms with E-state index >= 15 is 0 Å². The van der Waals surface area contributed by atoms with Crippen LogP contribution in [0, 0.1) is 0 Å². The van der Waals surface area contributed by atoms with E-state index in [0.29, 0.717) is 10.9 Å². The molecule has 2 aromatic rings. The number of likely N-dealkylation sites (N-methyl/N-ethyl adjacent to an activating group) is 1. The highest BCUT2D eigenvalue weighted by Crippen LogP contribution is 2.18. The monoisotopic (exact) mass is 230 g/mol. The Hall–Kier alpha value is -1.94. The topological polar surface area (TPSA) is 62.2 Å². The lowest BCUT2D eigenvalue weighted by Crippen LogP contribution is -2.12. The van der Waals surface area contributed by atoms with Gasteiger partial charge in [0, 0.05) is 24.0 Å². The van der Waals surface area contributed by atoms with Gasteiger partial charge in [0.05, 0.1) is 11.1 Å². The summed E-state index contributed by atoms with van der Waals surface area (Å²) in [4.78, 5) is 15.6. The van der Waals surface area contributed by atoms with Crippen LogP contribution in [-0.4, -0.2) is 29.7 Å². The molecule has 2 rings (SSSR count). The van der Waals surface area contributed by atoms with Crippen LogP contribution in [0.15, 0.2) is 30.3 Å². The number of rotatable bonds is 4. The molecule has 0 aliphatic rings. The van der Waals surface area contributed by atoms with E-state index in [4.69, 9.17) is 0 Å². The average molecular weight is 230 g/mol. The molecule has 0 atom stereocenters. The van der Waals surface area contributed by atoms with Crippen molar-refractivity contribution < 1.29 is 9.90 Å². The van der Waals surface area contributed by atoms with E-state index in [-0.39, 0.29) is 0 Å². The van der Waals surface area contributed by atoms with Crippen molar-refractivity contribution in [2.75, 3.05) is 13.6 Å². The molecule has 2 N–H and O–H groups in total. The summed E-state index contributed by atoms with van der Waals surface area (Å²) in [7, 11) is 1.86. The Kier molecular flexibility index (Phi) is 3.35. The van der Waals surface area contributed by atoms with Gasteiger partial charge >= 0.3 is 5.97 Å². The van der Waals surface area contributed by atoms with Crippen LogP contribution in [0.1, 0.15) is 16.1 Å². The molecule has 0 saturated carbocycles. The number of nitrogens with zero attached hydrogens (tertiary/aromatic N) is 1. The van der Waals surface area contributed by atoms with Crippen LogP contribution < -0.4 is 5.32 Å². The first-order chi connectivity index (χ1) is 8.22. The Balaban J connectivity index is 2.55. The molecule has 0 fully saturated rings. The SMILES string of the molecule is CNCCc1cc(C(=O)O)c2ccccc2n1. The number of carboxylic acid groups (broad SMARTS) is 1. The number of fused-ring (bicyclic) bond motifs is 1. The molecule has 88 valence electrons. The molecule has 1 aromatic heterocycles. The van der Waals surface area contributed by atoms with Crippen molar-refractivity contribution in [3.05, 3.63) is 41.6 Å². The zero-order valence-corrected chi connectivity index (χ0v) is 9.60. The highest BCUT2D eigenvalue weighted by Gasteiger charge is 2.10. The molecule has 0 aliphatic heterocycles. The zero-order valence-electron chi connectivity index (χ0n) is 9.60. The summed E-state index contributed by atoms with van der Waals surface area (Å²) >= 11 is 0. The fraction of sp³-hybridized carbons (Fsp3) is 0.231. The maximum atomic E-state index is 11.2. The highest BCUT2D eigenvalue weighted by molar-refractivity contribution is 6.02. The summed E-state index contributed by atoms with van der Waals surface area (Å²) in [6.45, 7) is 0.782. The minimum atomic E-state index is -0.908. The van der Waals surface area contributed by atoms with Crippen molar-refractivity contribution in [3.63, 3.8) is 0 Å². The Labute approximate surface area is 99.3 Å². The minimum absolute atomic E-state index is 0.321. The van der Waals surface area contributed by atoms with Crippen molar-refractivity contribution >= 4 is 16.9 Å². The van der Waals surface area contributed by atoms with E-state index in [9.17, 15) is 9.90 Å². The molecule has 0 saturated heterocycles. The molecule has 0 unspecified atom stereocenters. The Morgan fingerprint density at radius 3 is 2.88 bits per heavy atom. The van der Waals surface area contributed by atoms with E-state index in [2.05, 4.69) is 10.3 Å². The number of carboxylic acids is 1. The summed E-state index contributed by atoms with van der Waals surface area (Å²) in [5.74, 6) is -0.908. The van der Waals surface area contributed by atoms with Gasteiger partial charge in [0.25, 0.3) is 0 Å². The van der Waals surface area contributed by atoms with Gasteiger partial charge in [-0.2, -0.15) is 0 Å². The lowest BCUT2D eigenvalue weighted by atomic mass is 10.1. The maximum absolute atomic E-state index is 11.2. The van der Waals surface area contributed by atoms with Crippen LogP contribution >= 0.6 is 0 Å². The second-order valence-corrected chi connectivity index (χ2v) is 3.84. The van der Waals surface area contributed by atoms with Crippen molar-refractivity contribution in [1.82, 2.24) is 10.3 Å². The molecule has 0 bridgehead atoms. The van der Waals surface area contributed by atoms with Crippen LogP contribution in [0.2, 0.25) is 0 Å². The fourth-order valence-corrected chi connectivity index (χ4v) is 1.79. The molecule has 4 heteroatoms. The fourth-order valence-electron chi connectivity index (χ4n) is 1.79. The standard InChI is InChI=1S/C13H14N2O2/c1-14-7-6-9-8-11(13(16)17)10-4-2-3-5-12(10)15-9/h2-5,8,14H,6-7H2,1H3,(H,16,17). The summed E-state index contributed by atoms with van der Waals surface area (Å²) in [5.41, 5.74) is 1.86. The Bertz CT molecular complexity index is 552. The quantitative estimate of drug-likeness (QED) is 0.839. The van der Waals surface area contributed by atoms with E-state index < -0.39 is 5.97 Å². The van der Waals surface area contributed by atoms with E-state index in [1.165, 1.54) is 0 Å². The van der Waals surface area contributed by atoms with Gasteiger partial charge in [-0.15, -0.1) is 0 Å².